The molecular weight excluding hydrogens is 344 g/mol. The number of carbonyl (C=O) groups excluding carboxylic acids is 1. The zero-order valence-electron chi connectivity index (χ0n) is 15.2. The van der Waals surface area contributed by atoms with Gasteiger partial charge >= 0.3 is 6.03 Å². The number of aromatic nitrogens is 4. The molecule has 1 aliphatic rings. The molecule has 4 heterocycles. The average Bonchev–Trinajstić information content (AvgIpc) is 3.09. The number of likely N-dealkylation sites (tertiary alicyclic amines) is 1. The summed E-state index contributed by atoms with van der Waals surface area (Å²) in [5.41, 5.74) is 2.19. The van der Waals surface area contributed by atoms with E-state index >= 15 is 0 Å². The van der Waals surface area contributed by atoms with Crippen molar-refractivity contribution >= 4 is 17.4 Å². The second-order valence-corrected chi connectivity index (χ2v) is 6.62. The number of aryl methyl sites for hydroxylation is 1. The van der Waals surface area contributed by atoms with E-state index in [0.717, 1.165) is 18.5 Å². The van der Waals surface area contributed by atoms with Crippen LogP contribution in [0, 0.1) is 6.92 Å². The van der Waals surface area contributed by atoms with Crippen molar-refractivity contribution in [3.63, 3.8) is 0 Å². The minimum atomic E-state index is -0.144. The Bertz CT molecular complexity index is 926. The van der Waals surface area contributed by atoms with E-state index in [9.17, 15) is 4.79 Å². The molecule has 140 valence electrons. The van der Waals surface area contributed by atoms with Crippen LogP contribution < -0.4 is 5.32 Å². The van der Waals surface area contributed by atoms with Crippen LogP contribution in [0.1, 0.15) is 24.4 Å². The van der Waals surface area contributed by atoms with Crippen LogP contribution in [0.3, 0.4) is 0 Å². The third-order valence-corrected chi connectivity index (χ3v) is 4.57. The van der Waals surface area contributed by atoms with E-state index in [4.69, 9.17) is 4.74 Å². The first-order valence-electron chi connectivity index (χ1n) is 9.08. The lowest BCUT2D eigenvalue weighted by Crippen LogP contribution is -2.45. The Morgan fingerprint density at radius 2 is 2.26 bits per heavy atom. The molecule has 0 radical (unpaired) electrons. The molecule has 0 aliphatic carbocycles. The van der Waals surface area contributed by atoms with Gasteiger partial charge in [0, 0.05) is 25.5 Å². The van der Waals surface area contributed by atoms with E-state index in [1.165, 1.54) is 0 Å². The number of fused-ring (bicyclic) bond motifs is 1. The summed E-state index contributed by atoms with van der Waals surface area (Å²) in [6, 6.07) is 9.29. The lowest BCUT2D eigenvalue weighted by Gasteiger charge is -2.32. The van der Waals surface area contributed by atoms with Gasteiger partial charge in [0.15, 0.2) is 5.65 Å². The van der Waals surface area contributed by atoms with Crippen molar-refractivity contribution in [3.05, 3.63) is 54.2 Å². The Kier molecular flexibility index (Phi) is 4.97. The Labute approximate surface area is 157 Å². The topological polar surface area (TPSA) is 84.7 Å². The Morgan fingerprint density at radius 1 is 1.33 bits per heavy atom. The number of rotatable bonds is 4. The number of urea groups is 1. The van der Waals surface area contributed by atoms with Gasteiger partial charge < -0.3 is 15.0 Å². The van der Waals surface area contributed by atoms with Crippen molar-refractivity contribution < 1.29 is 9.53 Å². The number of piperidine rings is 1. The average molecular weight is 366 g/mol. The van der Waals surface area contributed by atoms with Crippen LogP contribution in [0.5, 0.6) is 0 Å². The molecule has 4 rings (SSSR count). The van der Waals surface area contributed by atoms with E-state index in [-0.39, 0.29) is 12.1 Å². The number of amides is 2. The van der Waals surface area contributed by atoms with E-state index in [1.54, 1.807) is 15.6 Å². The maximum Gasteiger partial charge on any atom is 0.322 e. The van der Waals surface area contributed by atoms with Crippen molar-refractivity contribution in [3.8, 4) is 0 Å². The fourth-order valence-corrected chi connectivity index (χ4v) is 3.25. The summed E-state index contributed by atoms with van der Waals surface area (Å²) < 4.78 is 7.63. The fraction of sp³-hybridized carbons (Fsp3) is 0.368. The van der Waals surface area contributed by atoms with E-state index in [1.807, 2.05) is 43.5 Å². The maximum atomic E-state index is 12.7. The van der Waals surface area contributed by atoms with Gasteiger partial charge in [-0.25, -0.2) is 14.3 Å². The van der Waals surface area contributed by atoms with Crippen LogP contribution in [0.15, 0.2) is 42.7 Å². The number of anilines is 1. The van der Waals surface area contributed by atoms with Gasteiger partial charge in [-0.1, -0.05) is 6.07 Å². The normalized spacial score (nSPS) is 17.2. The van der Waals surface area contributed by atoms with Crippen molar-refractivity contribution in [2.45, 2.75) is 32.5 Å². The number of ether oxygens (including phenoxy) is 1. The molecule has 3 aromatic heterocycles. The van der Waals surface area contributed by atoms with Crippen LogP contribution in [0.25, 0.3) is 5.65 Å². The summed E-state index contributed by atoms with van der Waals surface area (Å²) in [5, 5.41) is 7.23. The Hall–Kier alpha value is -3.00. The minimum Gasteiger partial charge on any atom is -0.370 e. The first-order valence-corrected chi connectivity index (χ1v) is 9.08. The van der Waals surface area contributed by atoms with Gasteiger partial charge in [-0.3, -0.25) is 4.98 Å². The Balaban J connectivity index is 1.38. The number of pyridine rings is 2. The van der Waals surface area contributed by atoms with Gasteiger partial charge in [0.25, 0.3) is 0 Å². The second kappa shape index (κ2) is 7.71. The molecule has 8 heteroatoms. The summed E-state index contributed by atoms with van der Waals surface area (Å²) in [5.74, 6) is 0.664. The van der Waals surface area contributed by atoms with E-state index in [2.05, 4.69) is 20.4 Å². The molecule has 1 atom stereocenters. The van der Waals surface area contributed by atoms with Crippen LogP contribution in [0.2, 0.25) is 0 Å². The first kappa shape index (κ1) is 17.4. The van der Waals surface area contributed by atoms with E-state index in [0.29, 0.717) is 36.9 Å². The van der Waals surface area contributed by atoms with Crippen molar-refractivity contribution in [2.75, 3.05) is 18.4 Å². The SMILES string of the molecule is Cc1nc2c(NC(=O)N3CCC[C@@H](OCc4ccccn4)C3)cccn2n1. The smallest absolute Gasteiger partial charge is 0.322 e. The van der Waals surface area contributed by atoms with Crippen molar-refractivity contribution in [1.82, 2.24) is 24.5 Å². The van der Waals surface area contributed by atoms with Crippen molar-refractivity contribution in [2.24, 2.45) is 0 Å². The lowest BCUT2D eigenvalue weighted by molar-refractivity contribution is -0.000323. The van der Waals surface area contributed by atoms with Crippen LogP contribution >= 0.6 is 0 Å². The van der Waals surface area contributed by atoms with Gasteiger partial charge in [-0.15, -0.1) is 0 Å². The van der Waals surface area contributed by atoms with Crippen LogP contribution in [0.4, 0.5) is 10.5 Å². The molecule has 0 bridgehead atoms. The molecule has 27 heavy (non-hydrogen) atoms. The number of nitrogens with one attached hydrogen (secondary N) is 1. The zero-order valence-corrected chi connectivity index (χ0v) is 15.2. The number of hydrogen-bond acceptors (Lipinski definition) is 5. The molecular formula is C19H22N6O2. The summed E-state index contributed by atoms with van der Waals surface area (Å²) in [6.07, 6.45) is 5.43. The highest BCUT2D eigenvalue weighted by atomic mass is 16.5. The third-order valence-electron chi connectivity index (χ3n) is 4.57. The first-order chi connectivity index (χ1) is 13.2. The maximum absolute atomic E-state index is 12.7. The van der Waals surface area contributed by atoms with Gasteiger partial charge in [0.2, 0.25) is 0 Å². The zero-order chi connectivity index (χ0) is 18.6. The molecule has 0 spiro atoms. The highest BCUT2D eigenvalue weighted by Gasteiger charge is 2.25. The molecule has 3 aromatic rings. The van der Waals surface area contributed by atoms with Crippen molar-refractivity contribution in [1.29, 1.82) is 0 Å². The molecule has 1 N–H and O–H groups in total. The predicted molar refractivity (Wildman–Crippen MR) is 100 cm³/mol. The highest BCUT2D eigenvalue weighted by molar-refractivity contribution is 5.93. The highest BCUT2D eigenvalue weighted by Crippen LogP contribution is 2.18. The van der Waals surface area contributed by atoms with Gasteiger partial charge in [-0.2, -0.15) is 5.10 Å². The number of hydrogen-bond donors (Lipinski definition) is 1. The minimum absolute atomic E-state index is 0.0117. The van der Waals surface area contributed by atoms with Crippen LogP contribution in [-0.2, 0) is 11.3 Å². The fourth-order valence-electron chi connectivity index (χ4n) is 3.25. The van der Waals surface area contributed by atoms with E-state index < -0.39 is 0 Å². The molecule has 0 unspecified atom stereocenters. The number of nitrogens with zero attached hydrogens (tertiary/aromatic N) is 5. The van der Waals surface area contributed by atoms with Gasteiger partial charge in [0.05, 0.1) is 24.1 Å². The molecule has 0 saturated carbocycles. The summed E-state index contributed by atoms with van der Waals surface area (Å²) in [6.45, 7) is 3.56. The largest absolute Gasteiger partial charge is 0.370 e. The Morgan fingerprint density at radius 3 is 3.11 bits per heavy atom. The standard InChI is InChI=1S/C19H22N6O2/c1-14-21-18-17(8-5-11-25(18)23-14)22-19(26)24-10-4-7-16(12-24)27-13-15-6-2-3-9-20-15/h2-3,5-6,8-9,11,16H,4,7,10,12-13H2,1H3,(H,22,26)/t16-/m1/s1. The molecule has 2 amide bonds. The molecule has 0 aromatic carbocycles. The molecule has 8 nitrogen and oxygen atoms in total. The summed E-state index contributed by atoms with van der Waals surface area (Å²) in [4.78, 5) is 23.2. The van der Waals surface area contributed by atoms with Crippen LogP contribution in [-0.4, -0.2) is 49.7 Å². The molecule has 1 fully saturated rings. The summed E-state index contributed by atoms with van der Waals surface area (Å²) in [7, 11) is 0. The summed E-state index contributed by atoms with van der Waals surface area (Å²) >= 11 is 0. The third kappa shape index (κ3) is 4.06. The van der Waals surface area contributed by atoms with Gasteiger partial charge in [0.1, 0.15) is 5.82 Å². The monoisotopic (exact) mass is 366 g/mol. The second-order valence-electron chi connectivity index (χ2n) is 6.62. The predicted octanol–water partition coefficient (Wildman–Crippen LogP) is 2.65. The van der Waals surface area contributed by atoms with Gasteiger partial charge in [-0.05, 0) is 44.0 Å². The number of carbonyl (C=O) groups is 1. The molecule has 1 aliphatic heterocycles. The lowest BCUT2D eigenvalue weighted by atomic mass is 10.1. The quantitative estimate of drug-likeness (QED) is 0.767. The molecule has 1 saturated heterocycles.